The number of ketones is 1. The minimum atomic E-state index is -1.05. The lowest BCUT2D eigenvalue weighted by molar-refractivity contribution is 0.0695. The monoisotopic (exact) mass is 277 g/mol. The van der Waals surface area contributed by atoms with Crippen molar-refractivity contribution in [1.29, 1.82) is 0 Å². The third-order valence-electron chi connectivity index (χ3n) is 2.36. The van der Waals surface area contributed by atoms with E-state index in [9.17, 15) is 9.59 Å². The summed E-state index contributed by atoms with van der Waals surface area (Å²) in [6.07, 6.45) is 0. The molecule has 0 saturated heterocycles. The minimum Gasteiger partial charge on any atom is -0.487 e. The second kappa shape index (κ2) is 5.62. The van der Waals surface area contributed by atoms with E-state index in [0.29, 0.717) is 17.0 Å². The van der Waals surface area contributed by atoms with E-state index in [0.717, 1.165) is 11.3 Å². The van der Waals surface area contributed by atoms with E-state index < -0.39 is 5.97 Å². The third kappa shape index (κ3) is 3.38. The van der Waals surface area contributed by atoms with Crippen molar-refractivity contribution in [3.05, 3.63) is 45.9 Å². The number of aromatic carboxylic acids is 1. The first-order valence-electron chi connectivity index (χ1n) is 5.48. The Hall–Kier alpha value is -2.21. The second-order valence-corrected chi connectivity index (χ2v) is 4.68. The van der Waals surface area contributed by atoms with Gasteiger partial charge in [-0.15, -0.1) is 11.3 Å². The molecule has 6 heteroatoms. The number of hydrogen-bond acceptors (Lipinski definition) is 5. The smallest absolute Gasteiger partial charge is 0.365 e. The molecule has 0 amide bonds. The van der Waals surface area contributed by atoms with Crippen LogP contribution >= 0.6 is 11.3 Å². The highest BCUT2D eigenvalue weighted by Crippen LogP contribution is 2.16. The Morgan fingerprint density at radius 2 is 2.21 bits per heavy atom. The van der Waals surface area contributed by atoms with Gasteiger partial charge in [-0.2, -0.15) is 0 Å². The van der Waals surface area contributed by atoms with Crippen molar-refractivity contribution in [2.45, 2.75) is 13.5 Å². The van der Waals surface area contributed by atoms with Crippen molar-refractivity contribution in [2.75, 3.05) is 0 Å². The van der Waals surface area contributed by atoms with Crippen LogP contribution in [0.3, 0.4) is 0 Å². The number of hydrogen-bond donors (Lipinski definition) is 1. The van der Waals surface area contributed by atoms with Crippen LogP contribution in [-0.4, -0.2) is 21.8 Å². The van der Waals surface area contributed by atoms with E-state index in [-0.39, 0.29) is 17.4 Å². The molecule has 1 N–H and O–H groups in total. The van der Waals surface area contributed by atoms with Crippen LogP contribution < -0.4 is 4.74 Å². The molecule has 5 nitrogen and oxygen atoms in total. The SMILES string of the molecule is CC(=O)c1cccc(OCc2csc(C(=O)O)n2)c1. The van der Waals surface area contributed by atoms with Gasteiger partial charge in [0.05, 0.1) is 5.69 Å². The zero-order valence-electron chi connectivity index (χ0n) is 10.1. The first-order valence-corrected chi connectivity index (χ1v) is 6.35. The Balaban J connectivity index is 2.03. The zero-order chi connectivity index (χ0) is 13.8. The molecule has 0 unspecified atom stereocenters. The lowest BCUT2D eigenvalue weighted by atomic mass is 10.1. The second-order valence-electron chi connectivity index (χ2n) is 3.82. The molecule has 0 atom stereocenters. The van der Waals surface area contributed by atoms with Gasteiger partial charge in [0.25, 0.3) is 0 Å². The molecule has 19 heavy (non-hydrogen) atoms. The van der Waals surface area contributed by atoms with Crippen LogP contribution in [0.15, 0.2) is 29.6 Å². The Morgan fingerprint density at radius 1 is 1.42 bits per heavy atom. The lowest BCUT2D eigenvalue weighted by Crippen LogP contribution is -2.00. The van der Waals surface area contributed by atoms with E-state index in [4.69, 9.17) is 9.84 Å². The van der Waals surface area contributed by atoms with Crippen LogP contribution in [0.2, 0.25) is 0 Å². The summed E-state index contributed by atoms with van der Waals surface area (Å²) < 4.78 is 5.47. The van der Waals surface area contributed by atoms with Crippen molar-refractivity contribution in [3.63, 3.8) is 0 Å². The van der Waals surface area contributed by atoms with Crippen LogP contribution in [0, 0.1) is 0 Å². The van der Waals surface area contributed by atoms with Gasteiger partial charge < -0.3 is 9.84 Å². The van der Waals surface area contributed by atoms with E-state index >= 15 is 0 Å². The Morgan fingerprint density at radius 3 is 2.84 bits per heavy atom. The maximum atomic E-state index is 11.2. The molecule has 0 radical (unpaired) electrons. The number of aromatic nitrogens is 1. The average molecular weight is 277 g/mol. The molecule has 2 rings (SSSR count). The van der Waals surface area contributed by atoms with Crippen LogP contribution in [-0.2, 0) is 6.61 Å². The number of carboxylic acids is 1. The molecular weight excluding hydrogens is 266 g/mol. The van der Waals surface area contributed by atoms with Gasteiger partial charge in [-0.3, -0.25) is 4.79 Å². The number of ether oxygens (including phenoxy) is 1. The predicted octanol–water partition coefficient (Wildman–Crippen LogP) is 2.62. The molecule has 0 saturated carbocycles. The highest BCUT2D eigenvalue weighted by molar-refractivity contribution is 7.11. The molecule has 1 aromatic carbocycles. The fourth-order valence-electron chi connectivity index (χ4n) is 1.43. The molecule has 98 valence electrons. The molecule has 0 aliphatic heterocycles. The van der Waals surface area contributed by atoms with Gasteiger partial charge in [0.15, 0.2) is 5.78 Å². The van der Waals surface area contributed by atoms with Crippen molar-refractivity contribution in [3.8, 4) is 5.75 Å². The van der Waals surface area contributed by atoms with Gasteiger partial charge in [0, 0.05) is 10.9 Å². The van der Waals surface area contributed by atoms with Gasteiger partial charge in [0.1, 0.15) is 12.4 Å². The Kier molecular flexibility index (Phi) is 3.91. The summed E-state index contributed by atoms with van der Waals surface area (Å²) in [6, 6.07) is 6.82. The van der Waals surface area contributed by atoms with Gasteiger partial charge >= 0.3 is 5.97 Å². The minimum absolute atomic E-state index is 0.0349. The summed E-state index contributed by atoms with van der Waals surface area (Å²) in [5, 5.41) is 10.4. The Labute approximate surface area is 113 Å². The molecule has 0 spiro atoms. The van der Waals surface area contributed by atoms with E-state index in [1.807, 2.05) is 0 Å². The van der Waals surface area contributed by atoms with E-state index in [2.05, 4.69) is 4.98 Å². The molecule has 0 aliphatic carbocycles. The number of Topliss-reactive ketones (excluding diaryl/α,β-unsaturated/α-hetero) is 1. The van der Waals surface area contributed by atoms with Gasteiger partial charge in [0.2, 0.25) is 5.01 Å². The number of thiazole rings is 1. The quantitative estimate of drug-likeness (QED) is 0.850. The molecule has 0 bridgehead atoms. The average Bonchev–Trinajstić information content (AvgIpc) is 2.85. The van der Waals surface area contributed by atoms with E-state index in [1.54, 1.807) is 29.6 Å². The predicted molar refractivity (Wildman–Crippen MR) is 69.9 cm³/mol. The summed E-state index contributed by atoms with van der Waals surface area (Å²) in [7, 11) is 0. The maximum Gasteiger partial charge on any atom is 0.365 e. The van der Waals surface area contributed by atoms with Crippen molar-refractivity contribution in [2.24, 2.45) is 0 Å². The first kappa shape index (κ1) is 13.2. The number of carbonyl (C=O) groups excluding carboxylic acids is 1. The Bertz CT molecular complexity index is 621. The lowest BCUT2D eigenvalue weighted by Gasteiger charge is -2.05. The summed E-state index contributed by atoms with van der Waals surface area (Å²) in [6.45, 7) is 1.66. The van der Waals surface area contributed by atoms with Crippen LogP contribution in [0.5, 0.6) is 5.75 Å². The van der Waals surface area contributed by atoms with Crippen molar-refractivity contribution < 1.29 is 19.4 Å². The van der Waals surface area contributed by atoms with Crippen molar-refractivity contribution >= 4 is 23.1 Å². The summed E-state index contributed by atoms with van der Waals surface area (Å²) in [4.78, 5) is 25.8. The highest BCUT2D eigenvalue weighted by atomic mass is 32.1. The molecule has 1 heterocycles. The van der Waals surface area contributed by atoms with Gasteiger partial charge in [-0.1, -0.05) is 12.1 Å². The molecular formula is C13H11NO4S. The first-order chi connectivity index (χ1) is 9.06. The third-order valence-corrected chi connectivity index (χ3v) is 3.24. The number of benzene rings is 1. The van der Waals surface area contributed by atoms with Gasteiger partial charge in [-0.25, -0.2) is 9.78 Å². The summed E-state index contributed by atoms with van der Waals surface area (Å²) >= 11 is 1.06. The van der Waals surface area contributed by atoms with E-state index in [1.165, 1.54) is 6.92 Å². The summed E-state index contributed by atoms with van der Waals surface area (Å²) in [5.41, 5.74) is 1.12. The number of carboxylic acid groups (broad SMARTS) is 1. The molecule has 1 aromatic heterocycles. The normalized spacial score (nSPS) is 10.2. The largest absolute Gasteiger partial charge is 0.487 e. The molecule has 0 fully saturated rings. The molecule has 0 aliphatic rings. The number of nitrogens with zero attached hydrogens (tertiary/aromatic N) is 1. The highest BCUT2D eigenvalue weighted by Gasteiger charge is 2.09. The summed E-state index contributed by atoms with van der Waals surface area (Å²) in [5.74, 6) is -0.528. The maximum absolute atomic E-state index is 11.2. The topological polar surface area (TPSA) is 76.5 Å². The zero-order valence-corrected chi connectivity index (χ0v) is 10.9. The van der Waals surface area contributed by atoms with Crippen molar-refractivity contribution in [1.82, 2.24) is 4.98 Å². The fraction of sp³-hybridized carbons (Fsp3) is 0.154. The fourth-order valence-corrected chi connectivity index (χ4v) is 2.07. The molecule has 2 aromatic rings. The van der Waals surface area contributed by atoms with Crippen LogP contribution in [0.1, 0.15) is 32.8 Å². The number of rotatable bonds is 5. The van der Waals surface area contributed by atoms with Crippen LogP contribution in [0.25, 0.3) is 0 Å². The van der Waals surface area contributed by atoms with Crippen LogP contribution in [0.4, 0.5) is 0 Å². The van der Waals surface area contributed by atoms with Gasteiger partial charge in [-0.05, 0) is 19.1 Å². The number of carbonyl (C=O) groups is 2. The standard InChI is InChI=1S/C13H11NO4S/c1-8(15)9-3-2-4-11(5-9)18-6-10-7-19-12(14-10)13(16)17/h2-5,7H,6H2,1H3,(H,16,17).